The van der Waals surface area contributed by atoms with Gasteiger partial charge in [0.1, 0.15) is 6.61 Å². The van der Waals surface area contributed by atoms with Crippen LogP contribution in [0, 0.1) is 11.3 Å². The van der Waals surface area contributed by atoms with E-state index in [9.17, 15) is 4.21 Å². The van der Waals surface area contributed by atoms with Crippen molar-refractivity contribution in [2.45, 2.75) is 19.3 Å². The Morgan fingerprint density at radius 2 is 1.96 bits per heavy atom. The topological polar surface area (TPSA) is 59.3 Å². The van der Waals surface area contributed by atoms with Crippen molar-refractivity contribution in [2.24, 2.45) is 0 Å². The maximum Gasteiger partial charge on any atom is 0.161 e. The summed E-state index contributed by atoms with van der Waals surface area (Å²) < 4.78 is 22.8. The molecule has 0 aliphatic rings. The average Bonchev–Trinajstić information content (AvgIpc) is 2.60. The van der Waals surface area contributed by atoms with Crippen LogP contribution in [0.5, 0.6) is 11.5 Å². The molecule has 2 aromatic rings. The monoisotopic (exact) mass is 329 g/mol. The predicted octanol–water partition coefficient (Wildman–Crippen LogP) is 3.41. The Morgan fingerprint density at radius 3 is 2.65 bits per heavy atom. The lowest BCUT2D eigenvalue weighted by Gasteiger charge is -2.12. The Kier molecular flexibility index (Phi) is 6.19. The zero-order chi connectivity index (χ0) is 16.7. The van der Waals surface area contributed by atoms with Gasteiger partial charge in [-0.1, -0.05) is 25.1 Å². The van der Waals surface area contributed by atoms with Gasteiger partial charge in [0.25, 0.3) is 0 Å². The zero-order valence-corrected chi connectivity index (χ0v) is 14.1. The van der Waals surface area contributed by atoms with E-state index in [-0.39, 0.29) is 0 Å². The minimum atomic E-state index is -0.859. The van der Waals surface area contributed by atoms with Crippen molar-refractivity contribution in [3.05, 3.63) is 59.2 Å². The number of nitriles is 1. The summed E-state index contributed by atoms with van der Waals surface area (Å²) >= 11 is 0. The number of hydrogen-bond donors (Lipinski definition) is 0. The SMILES string of the molecule is CC[S@@](=O)Cc1ccc(OCc2cccc(C#N)c2)c(OC)c1. The van der Waals surface area contributed by atoms with Crippen LogP contribution in [0.2, 0.25) is 0 Å². The van der Waals surface area contributed by atoms with Gasteiger partial charge < -0.3 is 9.47 Å². The Balaban J connectivity index is 2.10. The summed E-state index contributed by atoms with van der Waals surface area (Å²) in [5.74, 6) is 2.39. The molecule has 0 saturated heterocycles. The van der Waals surface area contributed by atoms with Crippen molar-refractivity contribution in [1.82, 2.24) is 0 Å². The molecule has 0 aromatic heterocycles. The number of methoxy groups -OCH3 is 1. The first-order valence-corrected chi connectivity index (χ1v) is 8.78. The molecule has 120 valence electrons. The normalized spacial score (nSPS) is 11.5. The summed E-state index contributed by atoms with van der Waals surface area (Å²) in [5, 5.41) is 8.92. The lowest BCUT2D eigenvalue weighted by Crippen LogP contribution is -2.01. The zero-order valence-electron chi connectivity index (χ0n) is 13.2. The molecule has 1 atom stereocenters. The highest BCUT2D eigenvalue weighted by Crippen LogP contribution is 2.29. The van der Waals surface area contributed by atoms with Gasteiger partial charge in [-0.25, -0.2) is 0 Å². The lowest BCUT2D eigenvalue weighted by molar-refractivity contribution is 0.284. The largest absolute Gasteiger partial charge is 0.493 e. The third kappa shape index (κ3) is 4.83. The molecule has 0 N–H and O–H groups in total. The van der Waals surface area contributed by atoms with E-state index in [2.05, 4.69) is 6.07 Å². The molecular formula is C18H19NO3S. The third-order valence-electron chi connectivity index (χ3n) is 3.33. The molecule has 0 unspecified atom stereocenters. The van der Waals surface area contributed by atoms with Crippen molar-refractivity contribution in [2.75, 3.05) is 12.9 Å². The number of ether oxygens (including phenoxy) is 2. The molecule has 2 aromatic carbocycles. The second kappa shape index (κ2) is 8.35. The maximum atomic E-state index is 11.6. The summed E-state index contributed by atoms with van der Waals surface area (Å²) in [6, 6.07) is 15.0. The van der Waals surface area contributed by atoms with E-state index in [0.717, 1.165) is 11.1 Å². The molecule has 0 aliphatic heterocycles. The molecule has 0 aliphatic carbocycles. The second-order valence-corrected chi connectivity index (χ2v) is 6.70. The van der Waals surface area contributed by atoms with Crippen molar-refractivity contribution < 1.29 is 13.7 Å². The van der Waals surface area contributed by atoms with Crippen LogP contribution in [0.15, 0.2) is 42.5 Å². The second-order valence-electron chi connectivity index (χ2n) is 4.96. The van der Waals surface area contributed by atoms with Gasteiger partial charge in [-0.05, 0) is 35.4 Å². The maximum absolute atomic E-state index is 11.6. The Bertz CT molecular complexity index is 737. The van der Waals surface area contributed by atoms with Crippen LogP contribution in [0.25, 0.3) is 0 Å². The summed E-state index contributed by atoms with van der Waals surface area (Å²) in [7, 11) is 0.723. The Hall–Kier alpha value is -2.32. The van der Waals surface area contributed by atoms with E-state index in [1.54, 1.807) is 19.2 Å². The van der Waals surface area contributed by atoms with Gasteiger partial charge >= 0.3 is 0 Å². The standard InChI is InChI=1S/C18H19NO3S/c1-3-23(20)13-16-7-8-17(18(10-16)21-2)22-12-15-6-4-5-14(9-15)11-19/h4-10H,3,12-13H2,1-2H3/t23-/m1/s1. The van der Waals surface area contributed by atoms with E-state index in [1.165, 1.54) is 0 Å². The highest BCUT2D eigenvalue weighted by molar-refractivity contribution is 7.84. The quantitative estimate of drug-likeness (QED) is 0.781. The highest BCUT2D eigenvalue weighted by atomic mass is 32.2. The lowest BCUT2D eigenvalue weighted by atomic mass is 10.1. The minimum absolute atomic E-state index is 0.353. The predicted molar refractivity (Wildman–Crippen MR) is 90.9 cm³/mol. The number of hydrogen-bond acceptors (Lipinski definition) is 4. The molecule has 4 nitrogen and oxygen atoms in total. The van der Waals surface area contributed by atoms with Crippen LogP contribution >= 0.6 is 0 Å². The first-order valence-electron chi connectivity index (χ1n) is 7.30. The van der Waals surface area contributed by atoms with Gasteiger partial charge in [-0.3, -0.25) is 4.21 Å². The van der Waals surface area contributed by atoms with Crippen LogP contribution in [-0.4, -0.2) is 17.1 Å². The fourth-order valence-electron chi connectivity index (χ4n) is 2.10. The Labute approximate surface area is 139 Å². The van der Waals surface area contributed by atoms with Gasteiger partial charge in [-0.15, -0.1) is 0 Å². The van der Waals surface area contributed by atoms with E-state index < -0.39 is 10.8 Å². The molecule has 0 bridgehead atoms. The van der Waals surface area contributed by atoms with Crippen LogP contribution in [0.4, 0.5) is 0 Å². The smallest absolute Gasteiger partial charge is 0.161 e. The molecule has 0 heterocycles. The Morgan fingerprint density at radius 1 is 1.13 bits per heavy atom. The van der Waals surface area contributed by atoms with Gasteiger partial charge in [-0.2, -0.15) is 5.26 Å². The van der Waals surface area contributed by atoms with Crippen molar-refractivity contribution in [3.63, 3.8) is 0 Å². The van der Waals surface area contributed by atoms with Crippen LogP contribution in [0.1, 0.15) is 23.6 Å². The van der Waals surface area contributed by atoms with Crippen molar-refractivity contribution in [3.8, 4) is 17.6 Å². The van der Waals surface area contributed by atoms with Crippen LogP contribution < -0.4 is 9.47 Å². The van der Waals surface area contributed by atoms with E-state index in [0.29, 0.717) is 35.2 Å². The van der Waals surface area contributed by atoms with Gasteiger partial charge in [0.05, 0.1) is 18.7 Å². The molecule has 0 amide bonds. The first kappa shape index (κ1) is 17.0. The molecule has 23 heavy (non-hydrogen) atoms. The van der Waals surface area contributed by atoms with Crippen LogP contribution in [0.3, 0.4) is 0 Å². The number of nitrogens with zero attached hydrogens (tertiary/aromatic N) is 1. The molecule has 0 radical (unpaired) electrons. The molecule has 0 saturated carbocycles. The summed E-state index contributed by atoms with van der Waals surface area (Å²) in [5.41, 5.74) is 2.48. The van der Waals surface area contributed by atoms with Gasteiger partial charge in [0, 0.05) is 22.3 Å². The minimum Gasteiger partial charge on any atom is -0.493 e. The van der Waals surface area contributed by atoms with Crippen molar-refractivity contribution in [1.29, 1.82) is 5.26 Å². The van der Waals surface area contributed by atoms with Crippen molar-refractivity contribution >= 4 is 10.8 Å². The molecule has 0 fully saturated rings. The fraction of sp³-hybridized carbons (Fsp3) is 0.278. The molecule has 5 heteroatoms. The van der Waals surface area contributed by atoms with E-state index >= 15 is 0 Å². The summed E-state index contributed by atoms with van der Waals surface area (Å²) in [6.07, 6.45) is 0. The van der Waals surface area contributed by atoms with Gasteiger partial charge in [0.2, 0.25) is 0 Å². The van der Waals surface area contributed by atoms with E-state index in [4.69, 9.17) is 14.7 Å². The molecule has 0 spiro atoms. The van der Waals surface area contributed by atoms with Crippen LogP contribution in [-0.2, 0) is 23.2 Å². The van der Waals surface area contributed by atoms with E-state index in [1.807, 2.05) is 37.3 Å². The van der Waals surface area contributed by atoms with Gasteiger partial charge in [0.15, 0.2) is 11.5 Å². The summed E-state index contributed by atoms with van der Waals surface area (Å²) in [6.45, 7) is 2.26. The number of benzene rings is 2. The fourth-order valence-corrected chi connectivity index (χ4v) is 2.86. The molecular weight excluding hydrogens is 310 g/mol. The average molecular weight is 329 g/mol. The summed E-state index contributed by atoms with van der Waals surface area (Å²) in [4.78, 5) is 0. The highest BCUT2D eigenvalue weighted by Gasteiger charge is 2.08. The third-order valence-corrected chi connectivity index (χ3v) is 4.63. The molecule has 2 rings (SSSR count). The first-order chi connectivity index (χ1) is 11.2. The number of rotatable bonds is 7.